The van der Waals surface area contributed by atoms with Crippen molar-refractivity contribution in [2.24, 2.45) is 5.92 Å². The van der Waals surface area contributed by atoms with Gasteiger partial charge in [-0.2, -0.15) is 0 Å². The van der Waals surface area contributed by atoms with Gasteiger partial charge in [-0.1, -0.05) is 12.5 Å². The number of terminal acetylenes is 1. The molecule has 3 atom stereocenters. The molecule has 8 heteroatoms. The SMILES string of the molecule is C#CCOC1CC(COCCOc2cc(C)c(C(=O)Cl)c(C)c2)CC(OC(=O)OC=C)C1. The minimum absolute atomic E-state index is 0.125. The maximum absolute atomic E-state index is 11.6. The smallest absolute Gasteiger partial charge is 0.491 e. The summed E-state index contributed by atoms with van der Waals surface area (Å²) in [5, 5.41) is -0.480. The maximum atomic E-state index is 11.6. The molecule has 1 aliphatic carbocycles. The Morgan fingerprint density at radius 2 is 1.88 bits per heavy atom. The molecule has 1 saturated carbocycles. The van der Waals surface area contributed by atoms with E-state index in [-0.39, 0.29) is 24.7 Å². The van der Waals surface area contributed by atoms with Crippen molar-refractivity contribution in [1.82, 2.24) is 0 Å². The van der Waals surface area contributed by atoms with Gasteiger partial charge in [-0.05, 0) is 67.5 Å². The molecule has 1 aromatic rings. The van der Waals surface area contributed by atoms with E-state index in [1.807, 2.05) is 13.8 Å². The van der Waals surface area contributed by atoms with E-state index < -0.39 is 11.4 Å². The van der Waals surface area contributed by atoms with Gasteiger partial charge in [0.2, 0.25) is 0 Å². The average Bonchev–Trinajstić information content (AvgIpc) is 2.71. The summed E-state index contributed by atoms with van der Waals surface area (Å²) in [6.07, 6.45) is 6.99. The first-order chi connectivity index (χ1) is 15.3. The predicted octanol–water partition coefficient (Wildman–Crippen LogP) is 4.56. The summed E-state index contributed by atoms with van der Waals surface area (Å²) in [5.74, 6) is 3.24. The Bertz CT molecular complexity index is 822. The molecule has 174 valence electrons. The third kappa shape index (κ3) is 8.19. The van der Waals surface area contributed by atoms with Crippen molar-refractivity contribution < 1.29 is 33.3 Å². The molecular weight excluding hydrogens is 436 g/mol. The van der Waals surface area contributed by atoms with Gasteiger partial charge in [0.15, 0.2) is 0 Å². The van der Waals surface area contributed by atoms with Crippen LogP contribution in [0.5, 0.6) is 5.75 Å². The number of rotatable bonds is 11. The minimum atomic E-state index is -0.789. The maximum Gasteiger partial charge on any atom is 0.513 e. The highest BCUT2D eigenvalue weighted by Gasteiger charge is 2.32. The second kappa shape index (κ2) is 13.1. The van der Waals surface area contributed by atoms with Crippen LogP contribution in [0, 0.1) is 32.1 Å². The number of carbonyl (C=O) groups excluding carboxylic acids is 2. The van der Waals surface area contributed by atoms with E-state index in [1.54, 1.807) is 12.1 Å². The molecule has 0 amide bonds. The summed E-state index contributed by atoms with van der Waals surface area (Å²) in [4.78, 5) is 23.1. The fourth-order valence-electron chi connectivity index (χ4n) is 3.88. The van der Waals surface area contributed by atoms with E-state index in [0.29, 0.717) is 44.0 Å². The van der Waals surface area contributed by atoms with Crippen molar-refractivity contribution in [3.63, 3.8) is 0 Å². The molecule has 1 fully saturated rings. The zero-order chi connectivity index (χ0) is 23.5. The summed E-state index contributed by atoms with van der Waals surface area (Å²) in [7, 11) is 0. The molecule has 2 rings (SSSR count). The van der Waals surface area contributed by atoms with E-state index in [9.17, 15) is 9.59 Å². The number of benzene rings is 1. The lowest BCUT2D eigenvalue weighted by molar-refractivity contribution is -0.0561. The highest BCUT2D eigenvalue weighted by atomic mass is 35.5. The van der Waals surface area contributed by atoms with E-state index >= 15 is 0 Å². The lowest BCUT2D eigenvalue weighted by Gasteiger charge is -2.33. The molecule has 32 heavy (non-hydrogen) atoms. The van der Waals surface area contributed by atoms with Crippen molar-refractivity contribution >= 4 is 23.0 Å². The van der Waals surface area contributed by atoms with Crippen molar-refractivity contribution in [1.29, 1.82) is 0 Å². The van der Waals surface area contributed by atoms with Gasteiger partial charge in [-0.25, -0.2) is 4.79 Å². The Hall–Kier alpha value is -2.53. The van der Waals surface area contributed by atoms with Crippen LogP contribution >= 0.6 is 11.6 Å². The van der Waals surface area contributed by atoms with Gasteiger partial charge >= 0.3 is 6.16 Å². The van der Waals surface area contributed by atoms with Gasteiger partial charge in [0.25, 0.3) is 5.24 Å². The van der Waals surface area contributed by atoms with Crippen LogP contribution in [0.2, 0.25) is 0 Å². The molecule has 0 saturated heterocycles. The topological polar surface area (TPSA) is 80.3 Å². The first-order valence-corrected chi connectivity index (χ1v) is 10.8. The van der Waals surface area contributed by atoms with E-state index in [2.05, 4.69) is 17.2 Å². The Morgan fingerprint density at radius 1 is 1.19 bits per heavy atom. The zero-order valence-electron chi connectivity index (χ0n) is 18.4. The monoisotopic (exact) mass is 464 g/mol. The van der Waals surface area contributed by atoms with Crippen LogP contribution in [0.25, 0.3) is 0 Å². The summed E-state index contributed by atoms with van der Waals surface area (Å²) in [6, 6.07) is 3.56. The Kier molecular flexibility index (Phi) is 10.5. The summed E-state index contributed by atoms with van der Waals surface area (Å²) in [6.45, 7) is 8.37. The summed E-state index contributed by atoms with van der Waals surface area (Å²) >= 11 is 5.62. The van der Waals surface area contributed by atoms with E-state index in [0.717, 1.165) is 23.8 Å². The van der Waals surface area contributed by atoms with Gasteiger partial charge < -0.3 is 23.7 Å². The van der Waals surface area contributed by atoms with Crippen LogP contribution in [0.1, 0.15) is 40.7 Å². The zero-order valence-corrected chi connectivity index (χ0v) is 19.2. The van der Waals surface area contributed by atoms with E-state index in [1.165, 1.54) is 0 Å². The lowest BCUT2D eigenvalue weighted by atomic mass is 9.85. The minimum Gasteiger partial charge on any atom is -0.491 e. The molecule has 0 heterocycles. The normalized spacial score (nSPS) is 20.1. The Morgan fingerprint density at radius 3 is 2.50 bits per heavy atom. The highest BCUT2D eigenvalue weighted by molar-refractivity contribution is 6.68. The molecule has 1 aromatic carbocycles. The number of hydrogen-bond donors (Lipinski definition) is 0. The number of aryl methyl sites for hydroxylation is 2. The van der Waals surface area contributed by atoms with E-state index in [4.69, 9.17) is 37.0 Å². The lowest BCUT2D eigenvalue weighted by Crippen LogP contribution is -2.36. The fraction of sp³-hybridized carbons (Fsp3) is 0.500. The van der Waals surface area contributed by atoms with Crippen molar-refractivity contribution in [2.45, 2.75) is 45.3 Å². The fourth-order valence-corrected chi connectivity index (χ4v) is 4.18. The van der Waals surface area contributed by atoms with Crippen LogP contribution in [0.3, 0.4) is 0 Å². The van der Waals surface area contributed by atoms with Gasteiger partial charge in [0, 0.05) is 18.6 Å². The number of hydrogen-bond acceptors (Lipinski definition) is 7. The Balaban J connectivity index is 1.81. The second-order valence-electron chi connectivity index (χ2n) is 7.61. The van der Waals surface area contributed by atoms with Crippen LogP contribution in [0.15, 0.2) is 25.0 Å². The summed E-state index contributed by atoms with van der Waals surface area (Å²) < 4.78 is 27.2. The molecule has 0 bridgehead atoms. The molecule has 3 unspecified atom stereocenters. The average molecular weight is 465 g/mol. The van der Waals surface area contributed by atoms with Gasteiger partial charge in [-0.3, -0.25) is 4.79 Å². The number of halogens is 1. The van der Waals surface area contributed by atoms with Crippen LogP contribution in [0.4, 0.5) is 4.79 Å². The van der Waals surface area contributed by atoms with Gasteiger partial charge in [0.1, 0.15) is 25.1 Å². The third-order valence-electron chi connectivity index (χ3n) is 5.12. The third-order valence-corrected chi connectivity index (χ3v) is 5.30. The standard InChI is InChI=1S/C24H29ClO7/c1-5-7-30-20-12-18(13-21(14-20)32-24(27)29-6-2)15-28-8-9-31-19-10-16(3)22(23(25)26)17(4)11-19/h1,6,10-11,18,20-21H,2,7-9,12-15H2,3-4H3. The van der Waals surface area contributed by atoms with Crippen LogP contribution < -0.4 is 4.74 Å². The Labute approximate surface area is 193 Å². The molecule has 0 radical (unpaired) electrons. The van der Waals surface area contributed by atoms with Crippen LogP contribution in [-0.4, -0.2) is 50.0 Å². The first-order valence-electron chi connectivity index (χ1n) is 10.4. The quantitative estimate of drug-likeness (QED) is 0.156. The summed E-state index contributed by atoms with van der Waals surface area (Å²) in [5.41, 5.74) is 2.03. The molecule has 7 nitrogen and oxygen atoms in total. The van der Waals surface area contributed by atoms with Gasteiger partial charge in [-0.15, -0.1) is 6.42 Å². The van der Waals surface area contributed by atoms with Crippen LogP contribution in [-0.2, 0) is 18.9 Å². The molecule has 1 aliphatic rings. The highest BCUT2D eigenvalue weighted by Crippen LogP contribution is 2.29. The second-order valence-corrected chi connectivity index (χ2v) is 7.96. The number of carbonyl (C=O) groups is 2. The van der Waals surface area contributed by atoms with Crippen molar-refractivity contribution in [3.8, 4) is 18.1 Å². The predicted molar refractivity (Wildman–Crippen MR) is 120 cm³/mol. The first kappa shape index (κ1) is 25.7. The molecular formula is C24H29ClO7. The molecule has 0 aromatic heterocycles. The molecule has 0 spiro atoms. The molecule has 0 N–H and O–H groups in total. The van der Waals surface area contributed by atoms with Gasteiger partial charge in [0.05, 0.1) is 19.0 Å². The van der Waals surface area contributed by atoms with Crippen molar-refractivity contribution in [3.05, 3.63) is 41.7 Å². The molecule has 0 aliphatic heterocycles. The largest absolute Gasteiger partial charge is 0.513 e. The number of ether oxygens (including phenoxy) is 5. The van der Waals surface area contributed by atoms with Crippen molar-refractivity contribution in [2.75, 3.05) is 26.4 Å².